The molecule has 0 heterocycles. The van der Waals surface area contributed by atoms with Crippen LogP contribution in [-0.4, -0.2) is 30.8 Å². The summed E-state index contributed by atoms with van der Waals surface area (Å²) >= 11 is 0. The first-order valence-electron chi connectivity index (χ1n) is 8.90. The number of rotatable bonds is 9. The second-order valence-corrected chi connectivity index (χ2v) is 6.77. The maximum absolute atomic E-state index is 12.4. The van der Waals surface area contributed by atoms with E-state index in [-0.39, 0.29) is 18.6 Å². The van der Waals surface area contributed by atoms with Crippen LogP contribution in [0.3, 0.4) is 0 Å². The topological polar surface area (TPSA) is 70.6 Å². The van der Waals surface area contributed by atoms with Crippen LogP contribution in [-0.2, 0) is 6.54 Å². The number of ether oxygens (including phenoxy) is 1. The lowest BCUT2D eigenvalue weighted by Gasteiger charge is -2.18. The SMILES string of the molecule is COc1ccc(C(=O)Nc2cccc(CNC(CO)CC(C)C)c2)cc1. The molecular weight excluding hydrogens is 328 g/mol. The molecule has 0 aliphatic heterocycles. The molecule has 0 saturated carbocycles. The highest BCUT2D eigenvalue weighted by Crippen LogP contribution is 2.15. The largest absolute Gasteiger partial charge is 0.497 e. The Morgan fingerprint density at radius 2 is 1.88 bits per heavy atom. The third kappa shape index (κ3) is 6.17. The molecule has 26 heavy (non-hydrogen) atoms. The van der Waals surface area contributed by atoms with E-state index >= 15 is 0 Å². The van der Waals surface area contributed by atoms with Gasteiger partial charge in [-0.3, -0.25) is 4.79 Å². The Bertz CT molecular complexity index is 699. The molecule has 3 N–H and O–H groups in total. The summed E-state index contributed by atoms with van der Waals surface area (Å²) in [7, 11) is 1.59. The van der Waals surface area contributed by atoms with Crippen molar-refractivity contribution in [1.29, 1.82) is 0 Å². The van der Waals surface area contributed by atoms with Crippen LogP contribution in [0.25, 0.3) is 0 Å². The van der Waals surface area contributed by atoms with Crippen molar-refractivity contribution in [1.82, 2.24) is 5.32 Å². The van der Waals surface area contributed by atoms with Crippen molar-refractivity contribution in [3.8, 4) is 5.75 Å². The number of aliphatic hydroxyl groups is 1. The highest BCUT2D eigenvalue weighted by Gasteiger charge is 2.10. The van der Waals surface area contributed by atoms with Crippen LogP contribution in [0.2, 0.25) is 0 Å². The van der Waals surface area contributed by atoms with Gasteiger partial charge in [0.25, 0.3) is 5.91 Å². The smallest absolute Gasteiger partial charge is 0.255 e. The summed E-state index contributed by atoms with van der Waals surface area (Å²) in [5.41, 5.74) is 2.38. The van der Waals surface area contributed by atoms with Gasteiger partial charge in [-0.05, 0) is 54.3 Å². The van der Waals surface area contributed by atoms with E-state index in [2.05, 4.69) is 24.5 Å². The monoisotopic (exact) mass is 356 g/mol. The molecule has 140 valence electrons. The number of hydrogen-bond acceptors (Lipinski definition) is 4. The molecule has 0 radical (unpaired) electrons. The van der Waals surface area contributed by atoms with E-state index in [1.807, 2.05) is 24.3 Å². The van der Waals surface area contributed by atoms with Crippen molar-refractivity contribution in [2.24, 2.45) is 5.92 Å². The van der Waals surface area contributed by atoms with Gasteiger partial charge in [0.1, 0.15) is 5.75 Å². The average Bonchev–Trinajstić information content (AvgIpc) is 2.65. The molecule has 1 atom stereocenters. The Kier molecular flexibility index (Phi) is 7.63. The van der Waals surface area contributed by atoms with Crippen LogP contribution in [0.5, 0.6) is 5.75 Å². The number of carbonyl (C=O) groups is 1. The van der Waals surface area contributed by atoms with Gasteiger partial charge in [-0.2, -0.15) is 0 Å². The molecule has 5 nitrogen and oxygen atoms in total. The molecule has 0 spiro atoms. The molecule has 2 aromatic carbocycles. The fraction of sp³-hybridized carbons (Fsp3) is 0.381. The number of nitrogens with one attached hydrogen (secondary N) is 2. The van der Waals surface area contributed by atoms with E-state index < -0.39 is 0 Å². The first kappa shape index (κ1) is 19.9. The normalized spacial score (nSPS) is 12.0. The molecule has 0 bridgehead atoms. The van der Waals surface area contributed by atoms with Crippen LogP contribution in [0.4, 0.5) is 5.69 Å². The van der Waals surface area contributed by atoms with Gasteiger partial charge < -0.3 is 20.5 Å². The average molecular weight is 356 g/mol. The molecule has 0 aliphatic carbocycles. The first-order valence-corrected chi connectivity index (χ1v) is 8.90. The third-order valence-corrected chi connectivity index (χ3v) is 4.11. The second-order valence-electron chi connectivity index (χ2n) is 6.77. The number of anilines is 1. The van der Waals surface area contributed by atoms with Crippen LogP contribution in [0.15, 0.2) is 48.5 Å². The van der Waals surface area contributed by atoms with Crippen LogP contribution >= 0.6 is 0 Å². The Labute approximate surface area is 155 Å². The van der Waals surface area contributed by atoms with E-state index in [0.29, 0.717) is 18.0 Å². The summed E-state index contributed by atoms with van der Waals surface area (Å²) in [6, 6.07) is 14.8. The second kappa shape index (κ2) is 9.94. The Morgan fingerprint density at radius 1 is 1.15 bits per heavy atom. The quantitative estimate of drug-likeness (QED) is 0.644. The molecule has 0 aromatic heterocycles. The highest BCUT2D eigenvalue weighted by atomic mass is 16.5. The van der Waals surface area contributed by atoms with Crippen molar-refractivity contribution >= 4 is 11.6 Å². The molecule has 0 saturated heterocycles. The zero-order valence-corrected chi connectivity index (χ0v) is 15.7. The Hall–Kier alpha value is -2.37. The van der Waals surface area contributed by atoms with Crippen molar-refractivity contribution < 1.29 is 14.6 Å². The minimum absolute atomic E-state index is 0.0764. The van der Waals surface area contributed by atoms with Crippen molar-refractivity contribution in [3.05, 3.63) is 59.7 Å². The number of hydrogen-bond donors (Lipinski definition) is 3. The minimum atomic E-state index is -0.161. The predicted octanol–water partition coefficient (Wildman–Crippen LogP) is 3.44. The van der Waals surface area contributed by atoms with Gasteiger partial charge in [-0.15, -0.1) is 0 Å². The summed E-state index contributed by atoms with van der Waals surface area (Å²) < 4.78 is 5.11. The number of methoxy groups -OCH3 is 1. The van der Waals surface area contributed by atoms with Crippen LogP contribution in [0, 0.1) is 5.92 Å². The van der Waals surface area contributed by atoms with Crippen LogP contribution in [0.1, 0.15) is 36.2 Å². The zero-order valence-electron chi connectivity index (χ0n) is 15.7. The lowest BCUT2D eigenvalue weighted by molar-refractivity contribution is 0.102. The summed E-state index contributed by atoms with van der Waals surface area (Å²) in [5, 5.41) is 15.7. The van der Waals surface area contributed by atoms with Crippen molar-refractivity contribution in [2.45, 2.75) is 32.9 Å². The molecule has 0 fully saturated rings. The molecule has 2 aromatic rings. The van der Waals surface area contributed by atoms with E-state index in [1.165, 1.54) is 0 Å². The fourth-order valence-electron chi connectivity index (χ4n) is 2.76. The number of aliphatic hydroxyl groups excluding tert-OH is 1. The number of carbonyl (C=O) groups excluding carboxylic acids is 1. The van der Waals surface area contributed by atoms with Gasteiger partial charge in [-0.1, -0.05) is 26.0 Å². The minimum Gasteiger partial charge on any atom is -0.497 e. The van der Waals surface area contributed by atoms with Gasteiger partial charge in [0.05, 0.1) is 13.7 Å². The standard InChI is InChI=1S/C21H28N2O3/c1-15(2)11-19(14-24)22-13-16-5-4-6-18(12-16)23-21(25)17-7-9-20(26-3)10-8-17/h4-10,12,15,19,22,24H,11,13-14H2,1-3H3,(H,23,25). The maximum Gasteiger partial charge on any atom is 0.255 e. The van der Waals surface area contributed by atoms with Gasteiger partial charge >= 0.3 is 0 Å². The van der Waals surface area contributed by atoms with E-state index in [0.717, 1.165) is 23.4 Å². The van der Waals surface area contributed by atoms with E-state index in [4.69, 9.17) is 4.74 Å². The van der Waals surface area contributed by atoms with Gasteiger partial charge in [0.2, 0.25) is 0 Å². The maximum atomic E-state index is 12.4. The van der Waals surface area contributed by atoms with E-state index in [9.17, 15) is 9.90 Å². The highest BCUT2D eigenvalue weighted by molar-refractivity contribution is 6.04. The lowest BCUT2D eigenvalue weighted by atomic mass is 10.0. The summed E-state index contributed by atoms with van der Waals surface area (Å²) in [5.74, 6) is 1.08. The van der Waals surface area contributed by atoms with Gasteiger partial charge in [0, 0.05) is 23.8 Å². The molecule has 1 unspecified atom stereocenters. The van der Waals surface area contributed by atoms with Crippen molar-refractivity contribution in [3.63, 3.8) is 0 Å². The molecule has 5 heteroatoms. The first-order chi connectivity index (χ1) is 12.5. The predicted molar refractivity (Wildman–Crippen MR) is 105 cm³/mol. The molecule has 0 aliphatic rings. The Morgan fingerprint density at radius 3 is 2.50 bits per heavy atom. The Balaban J connectivity index is 1.96. The molecule has 2 rings (SSSR count). The summed E-state index contributed by atoms with van der Waals surface area (Å²) in [6.45, 7) is 5.04. The molecular formula is C21H28N2O3. The number of amides is 1. The lowest BCUT2D eigenvalue weighted by Crippen LogP contribution is -2.33. The number of benzene rings is 2. The zero-order chi connectivity index (χ0) is 18.9. The van der Waals surface area contributed by atoms with Crippen LogP contribution < -0.4 is 15.4 Å². The summed E-state index contributed by atoms with van der Waals surface area (Å²) in [6.07, 6.45) is 0.921. The van der Waals surface area contributed by atoms with Gasteiger partial charge in [0.15, 0.2) is 0 Å². The van der Waals surface area contributed by atoms with Gasteiger partial charge in [-0.25, -0.2) is 0 Å². The summed E-state index contributed by atoms with van der Waals surface area (Å²) in [4.78, 5) is 12.4. The van der Waals surface area contributed by atoms with Crippen molar-refractivity contribution in [2.75, 3.05) is 19.0 Å². The third-order valence-electron chi connectivity index (χ3n) is 4.11. The fourth-order valence-corrected chi connectivity index (χ4v) is 2.76. The van der Waals surface area contributed by atoms with E-state index in [1.54, 1.807) is 31.4 Å². The molecule has 1 amide bonds.